The van der Waals surface area contributed by atoms with Gasteiger partial charge in [-0.15, -0.1) is 0 Å². The molecule has 0 saturated carbocycles. The van der Waals surface area contributed by atoms with E-state index in [-0.39, 0.29) is 0 Å². The lowest BCUT2D eigenvalue weighted by Gasteiger charge is -2.15. The number of halogens is 1. The second kappa shape index (κ2) is 6.44. The fourth-order valence-corrected chi connectivity index (χ4v) is 1.85. The molecule has 1 N–H and O–H groups in total. The van der Waals surface area contributed by atoms with E-state index >= 15 is 0 Å². The zero-order valence-electron chi connectivity index (χ0n) is 9.27. The second-order valence-electron chi connectivity index (χ2n) is 3.42. The SMILES string of the molecule is [B]C(=O)N[C@@H](Cc1cccc(Br)c1)C(=O)OC. The van der Waals surface area contributed by atoms with Crippen molar-refractivity contribution in [1.82, 2.24) is 5.32 Å². The first-order valence-corrected chi connectivity index (χ1v) is 5.70. The molecule has 1 aromatic rings. The van der Waals surface area contributed by atoms with Crippen molar-refractivity contribution in [3.63, 3.8) is 0 Å². The highest BCUT2D eigenvalue weighted by molar-refractivity contribution is 9.10. The lowest BCUT2D eigenvalue weighted by Crippen LogP contribution is -2.42. The van der Waals surface area contributed by atoms with Crippen LogP contribution in [0.4, 0.5) is 4.79 Å². The Morgan fingerprint density at radius 3 is 2.76 bits per heavy atom. The minimum Gasteiger partial charge on any atom is -0.467 e. The average Bonchev–Trinajstić information content (AvgIpc) is 2.26. The van der Waals surface area contributed by atoms with Gasteiger partial charge in [-0.2, -0.15) is 0 Å². The Morgan fingerprint density at radius 1 is 1.53 bits per heavy atom. The molecule has 1 rings (SSSR count). The maximum Gasteiger partial charge on any atom is 0.328 e. The van der Waals surface area contributed by atoms with Crippen molar-refractivity contribution in [1.29, 1.82) is 0 Å². The van der Waals surface area contributed by atoms with Crippen LogP contribution in [0.2, 0.25) is 0 Å². The Kier molecular flexibility index (Phi) is 5.22. The summed E-state index contributed by atoms with van der Waals surface area (Å²) in [5.41, 5.74) is 0.892. The summed E-state index contributed by atoms with van der Waals surface area (Å²) in [4.78, 5) is 22.2. The fourth-order valence-electron chi connectivity index (χ4n) is 1.41. The van der Waals surface area contributed by atoms with Crippen LogP contribution in [0.25, 0.3) is 0 Å². The molecule has 0 unspecified atom stereocenters. The van der Waals surface area contributed by atoms with Crippen LogP contribution in [-0.2, 0) is 16.0 Å². The normalized spacial score (nSPS) is 11.6. The third kappa shape index (κ3) is 4.60. The second-order valence-corrected chi connectivity index (χ2v) is 4.33. The first-order valence-electron chi connectivity index (χ1n) is 4.91. The van der Waals surface area contributed by atoms with Crippen molar-refractivity contribution in [2.45, 2.75) is 12.5 Å². The van der Waals surface area contributed by atoms with Gasteiger partial charge >= 0.3 is 5.97 Å². The average molecular weight is 296 g/mol. The maximum absolute atomic E-state index is 11.4. The van der Waals surface area contributed by atoms with Crippen LogP contribution in [-0.4, -0.2) is 32.8 Å². The molecule has 0 aliphatic carbocycles. The summed E-state index contributed by atoms with van der Waals surface area (Å²) in [7, 11) is 6.27. The van der Waals surface area contributed by atoms with Gasteiger partial charge in [0.25, 0.3) is 0 Å². The quantitative estimate of drug-likeness (QED) is 0.675. The van der Waals surface area contributed by atoms with E-state index in [1.165, 1.54) is 7.11 Å². The molecule has 0 heterocycles. The minimum atomic E-state index is -0.771. The molecule has 1 aromatic carbocycles. The molecule has 4 nitrogen and oxygen atoms in total. The summed E-state index contributed by atoms with van der Waals surface area (Å²) in [6.45, 7) is 0. The van der Waals surface area contributed by atoms with Gasteiger partial charge in [-0.25, -0.2) is 4.79 Å². The molecule has 17 heavy (non-hydrogen) atoms. The van der Waals surface area contributed by atoms with Crippen molar-refractivity contribution in [3.8, 4) is 0 Å². The Bertz CT molecular complexity index is 425. The van der Waals surface area contributed by atoms with Crippen molar-refractivity contribution in [3.05, 3.63) is 34.3 Å². The molecule has 1 atom stereocenters. The van der Waals surface area contributed by atoms with E-state index in [1.807, 2.05) is 24.3 Å². The molecule has 88 valence electrons. The monoisotopic (exact) mass is 295 g/mol. The number of rotatable bonds is 4. The van der Waals surface area contributed by atoms with Crippen LogP contribution in [0, 0.1) is 0 Å². The van der Waals surface area contributed by atoms with E-state index in [1.54, 1.807) is 0 Å². The zero-order chi connectivity index (χ0) is 12.8. The molecule has 0 fully saturated rings. The third-order valence-electron chi connectivity index (χ3n) is 2.13. The Labute approximate surface area is 109 Å². The Balaban J connectivity index is 2.78. The molecule has 0 spiro atoms. The minimum absolute atomic E-state index is 0.328. The number of ether oxygens (including phenoxy) is 1. The number of amides is 1. The van der Waals surface area contributed by atoms with E-state index in [0.29, 0.717) is 6.42 Å². The highest BCUT2D eigenvalue weighted by Crippen LogP contribution is 2.13. The summed E-state index contributed by atoms with van der Waals surface area (Å²) in [5.74, 6) is -1.28. The van der Waals surface area contributed by atoms with Crippen LogP contribution in [0.15, 0.2) is 28.7 Å². The van der Waals surface area contributed by atoms with E-state index < -0.39 is 17.8 Å². The Hall–Kier alpha value is -1.30. The van der Waals surface area contributed by atoms with Crippen LogP contribution >= 0.6 is 15.9 Å². The first kappa shape index (κ1) is 13.8. The Morgan fingerprint density at radius 2 is 2.24 bits per heavy atom. The number of benzene rings is 1. The highest BCUT2D eigenvalue weighted by Gasteiger charge is 2.20. The topological polar surface area (TPSA) is 55.4 Å². The van der Waals surface area contributed by atoms with E-state index in [4.69, 9.17) is 7.85 Å². The van der Waals surface area contributed by atoms with Crippen LogP contribution in [0.3, 0.4) is 0 Å². The predicted octanol–water partition coefficient (Wildman–Crippen LogP) is 1.41. The van der Waals surface area contributed by atoms with Gasteiger partial charge in [0.1, 0.15) is 6.04 Å². The van der Waals surface area contributed by atoms with Crippen LogP contribution in [0.1, 0.15) is 5.56 Å². The van der Waals surface area contributed by atoms with E-state index in [9.17, 15) is 9.59 Å². The molecular weight excluding hydrogens is 285 g/mol. The number of carbonyl (C=O) groups is 2. The smallest absolute Gasteiger partial charge is 0.328 e. The van der Waals surface area contributed by atoms with Gasteiger partial charge < -0.3 is 10.1 Å². The van der Waals surface area contributed by atoms with Gasteiger partial charge in [0.2, 0.25) is 7.85 Å². The standard InChI is InChI=1S/C11H11BBrNO3/c1-17-10(15)9(14-11(12)16)6-7-3-2-4-8(13)5-7/h2-5,9H,6H2,1H3,(H,14,16)/t9-/m0/s1. The number of hydrogen-bond donors (Lipinski definition) is 1. The maximum atomic E-state index is 11.4. The van der Waals surface area contributed by atoms with Crippen molar-refractivity contribution < 1.29 is 14.3 Å². The molecule has 1 amide bonds. The summed E-state index contributed by atoms with van der Waals surface area (Å²) in [6.07, 6.45) is 0.328. The number of nitrogens with one attached hydrogen (secondary N) is 1. The van der Waals surface area contributed by atoms with Crippen molar-refractivity contribution in [2.24, 2.45) is 0 Å². The predicted molar refractivity (Wildman–Crippen MR) is 67.9 cm³/mol. The first-order chi connectivity index (χ1) is 8.02. The van der Waals surface area contributed by atoms with Gasteiger partial charge in [-0.05, 0) is 17.7 Å². The molecule has 2 radical (unpaired) electrons. The van der Waals surface area contributed by atoms with Gasteiger partial charge in [-0.1, -0.05) is 28.1 Å². The summed E-state index contributed by atoms with van der Waals surface area (Å²) in [6, 6.07) is 6.66. The summed E-state index contributed by atoms with van der Waals surface area (Å²) >= 11 is 3.33. The molecule has 0 aliphatic heterocycles. The van der Waals surface area contributed by atoms with E-state index in [2.05, 4.69) is 26.0 Å². The van der Waals surface area contributed by atoms with E-state index in [0.717, 1.165) is 10.0 Å². The van der Waals surface area contributed by atoms with Gasteiger partial charge in [0.05, 0.1) is 7.11 Å². The summed E-state index contributed by atoms with van der Waals surface area (Å²) in [5, 5.41) is 2.35. The molecule has 0 aromatic heterocycles. The fraction of sp³-hybridized carbons (Fsp3) is 0.273. The number of hydrogen-bond acceptors (Lipinski definition) is 3. The number of methoxy groups -OCH3 is 1. The molecule has 0 saturated heterocycles. The lowest BCUT2D eigenvalue weighted by molar-refractivity contribution is -0.142. The highest BCUT2D eigenvalue weighted by atomic mass is 79.9. The summed E-state index contributed by atoms with van der Waals surface area (Å²) < 4.78 is 5.50. The lowest BCUT2D eigenvalue weighted by atomic mass is 10.0. The van der Waals surface area contributed by atoms with Crippen molar-refractivity contribution >= 4 is 35.6 Å². The number of esters is 1. The van der Waals surface area contributed by atoms with Crippen LogP contribution < -0.4 is 5.32 Å². The molecule has 0 aliphatic rings. The largest absolute Gasteiger partial charge is 0.467 e. The van der Waals surface area contributed by atoms with Gasteiger partial charge in [-0.3, -0.25) is 4.79 Å². The zero-order valence-corrected chi connectivity index (χ0v) is 10.9. The number of carbonyl (C=O) groups excluding carboxylic acids is 2. The van der Waals surface area contributed by atoms with Gasteiger partial charge in [0, 0.05) is 10.9 Å². The van der Waals surface area contributed by atoms with Gasteiger partial charge in [0.15, 0.2) is 5.81 Å². The molecule has 6 heteroatoms. The third-order valence-corrected chi connectivity index (χ3v) is 2.62. The molecular formula is C11H11BBrNO3. The molecule has 0 bridgehead atoms. The van der Waals surface area contributed by atoms with Crippen molar-refractivity contribution in [2.75, 3.05) is 7.11 Å². The van der Waals surface area contributed by atoms with Crippen LogP contribution in [0.5, 0.6) is 0 Å².